The molecule has 1 atom stereocenters. The number of anilines is 1. The minimum Gasteiger partial charge on any atom is -0.398 e. The van der Waals surface area contributed by atoms with Crippen LogP contribution in [0.3, 0.4) is 0 Å². The Kier molecular flexibility index (Phi) is 3.18. The highest BCUT2D eigenvalue weighted by Crippen LogP contribution is 2.34. The van der Waals surface area contributed by atoms with Gasteiger partial charge in [0, 0.05) is 23.7 Å². The molecule has 0 bridgehead atoms. The summed E-state index contributed by atoms with van der Waals surface area (Å²) in [5.41, 5.74) is 10.9. The van der Waals surface area contributed by atoms with Crippen LogP contribution in [0.2, 0.25) is 0 Å². The van der Waals surface area contributed by atoms with Crippen LogP contribution >= 0.6 is 0 Å². The first-order valence-corrected chi connectivity index (χ1v) is 6.87. The Morgan fingerprint density at radius 2 is 2.10 bits per heavy atom. The Morgan fingerprint density at radius 3 is 2.85 bits per heavy atom. The van der Waals surface area contributed by atoms with E-state index in [0.717, 1.165) is 12.0 Å². The molecule has 3 nitrogen and oxygen atoms in total. The fourth-order valence-corrected chi connectivity index (χ4v) is 2.64. The van der Waals surface area contributed by atoms with Crippen LogP contribution in [0.1, 0.15) is 33.0 Å². The molecule has 0 aromatic heterocycles. The number of nitrogens with one attached hydrogen (secondary N) is 1. The van der Waals surface area contributed by atoms with E-state index in [1.165, 1.54) is 11.1 Å². The first kappa shape index (κ1) is 12.7. The number of fused-ring (bicyclic) bond motifs is 1. The maximum Gasteiger partial charge on any atom is 0.251 e. The maximum absolute atomic E-state index is 12.1. The lowest BCUT2D eigenvalue weighted by Crippen LogP contribution is -2.33. The summed E-state index contributed by atoms with van der Waals surface area (Å²) in [6, 6.07) is 13.8. The number of hydrogen-bond acceptors (Lipinski definition) is 2. The number of nitrogens with two attached hydrogens (primary N) is 1. The highest BCUT2D eigenvalue weighted by Gasteiger charge is 2.25. The van der Waals surface area contributed by atoms with E-state index in [-0.39, 0.29) is 5.91 Å². The lowest BCUT2D eigenvalue weighted by molar-refractivity contribution is 0.0950. The van der Waals surface area contributed by atoms with Crippen LogP contribution in [-0.2, 0) is 6.42 Å². The van der Waals surface area contributed by atoms with Crippen LogP contribution in [0.4, 0.5) is 5.69 Å². The summed E-state index contributed by atoms with van der Waals surface area (Å²) in [7, 11) is 0. The smallest absolute Gasteiger partial charge is 0.251 e. The average Bonchev–Trinajstić information content (AvgIpc) is 2.42. The van der Waals surface area contributed by atoms with E-state index >= 15 is 0 Å². The molecule has 3 N–H and O–H groups in total. The molecule has 0 heterocycles. The normalized spacial score (nSPS) is 16.1. The standard InChI is InChI=1S/C17H18N2O/c1-11-6-7-13(9-16(11)18)17(20)19-10-14-8-12-4-2-3-5-15(12)14/h2-7,9,14H,8,10,18H2,1H3,(H,19,20). The SMILES string of the molecule is Cc1ccc(C(=O)NCC2Cc3ccccc32)cc1N. The Labute approximate surface area is 118 Å². The summed E-state index contributed by atoms with van der Waals surface area (Å²) in [4.78, 5) is 12.1. The lowest BCUT2D eigenvalue weighted by atomic mass is 9.77. The highest BCUT2D eigenvalue weighted by molar-refractivity contribution is 5.95. The molecule has 3 rings (SSSR count). The molecule has 0 fully saturated rings. The van der Waals surface area contributed by atoms with Gasteiger partial charge < -0.3 is 11.1 Å². The number of rotatable bonds is 3. The first-order chi connectivity index (χ1) is 9.65. The second-order valence-electron chi connectivity index (χ2n) is 5.38. The summed E-state index contributed by atoms with van der Waals surface area (Å²) in [5, 5.41) is 2.99. The lowest BCUT2D eigenvalue weighted by Gasteiger charge is -2.30. The molecule has 0 saturated carbocycles. The molecule has 0 spiro atoms. The summed E-state index contributed by atoms with van der Waals surface area (Å²) in [6.07, 6.45) is 1.05. The van der Waals surface area contributed by atoms with Gasteiger partial charge in [-0.25, -0.2) is 0 Å². The van der Waals surface area contributed by atoms with Crippen molar-refractivity contribution in [1.82, 2.24) is 5.32 Å². The third kappa shape index (κ3) is 2.27. The fraction of sp³-hybridized carbons (Fsp3) is 0.235. The number of carbonyl (C=O) groups excluding carboxylic acids is 1. The summed E-state index contributed by atoms with van der Waals surface area (Å²) in [6.45, 7) is 2.62. The van der Waals surface area contributed by atoms with Crippen LogP contribution < -0.4 is 11.1 Å². The molecule has 0 radical (unpaired) electrons. The third-order valence-corrected chi connectivity index (χ3v) is 4.01. The molecule has 1 aliphatic carbocycles. The minimum atomic E-state index is -0.0546. The Morgan fingerprint density at radius 1 is 1.30 bits per heavy atom. The zero-order valence-electron chi connectivity index (χ0n) is 11.5. The maximum atomic E-state index is 12.1. The topological polar surface area (TPSA) is 55.1 Å². The van der Waals surface area contributed by atoms with Crippen LogP contribution in [0, 0.1) is 6.92 Å². The van der Waals surface area contributed by atoms with Gasteiger partial charge in [0.2, 0.25) is 0 Å². The van der Waals surface area contributed by atoms with Crippen molar-refractivity contribution in [1.29, 1.82) is 0 Å². The third-order valence-electron chi connectivity index (χ3n) is 4.01. The summed E-state index contributed by atoms with van der Waals surface area (Å²) >= 11 is 0. The Balaban J connectivity index is 1.62. The second kappa shape index (κ2) is 5.00. The number of benzene rings is 2. The molecule has 1 amide bonds. The van der Waals surface area contributed by atoms with E-state index in [1.807, 2.05) is 25.1 Å². The van der Waals surface area contributed by atoms with Crippen molar-refractivity contribution in [3.8, 4) is 0 Å². The van der Waals surface area contributed by atoms with Crippen molar-refractivity contribution in [2.24, 2.45) is 0 Å². The van der Waals surface area contributed by atoms with E-state index in [1.54, 1.807) is 6.07 Å². The predicted molar refractivity (Wildman–Crippen MR) is 80.8 cm³/mol. The zero-order chi connectivity index (χ0) is 14.1. The summed E-state index contributed by atoms with van der Waals surface area (Å²) in [5.74, 6) is 0.388. The largest absolute Gasteiger partial charge is 0.398 e. The van der Waals surface area contributed by atoms with Crippen LogP contribution in [0.15, 0.2) is 42.5 Å². The first-order valence-electron chi connectivity index (χ1n) is 6.87. The highest BCUT2D eigenvalue weighted by atomic mass is 16.1. The Bertz CT molecular complexity index is 664. The van der Waals surface area contributed by atoms with Crippen LogP contribution in [0.5, 0.6) is 0 Å². The van der Waals surface area contributed by atoms with E-state index in [4.69, 9.17) is 5.73 Å². The average molecular weight is 266 g/mol. The minimum absolute atomic E-state index is 0.0546. The number of nitrogen functional groups attached to an aromatic ring is 1. The molecule has 0 saturated heterocycles. The number of amides is 1. The Hall–Kier alpha value is -2.29. The molecule has 2 aromatic carbocycles. The van der Waals surface area contributed by atoms with Gasteiger partial charge in [-0.15, -0.1) is 0 Å². The van der Waals surface area contributed by atoms with Gasteiger partial charge in [0.25, 0.3) is 5.91 Å². The molecular formula is C17H18N2O. The van der Waals surface area contributed by atoms with Gasteiger partial charge in [-0.3, -0.25) is 4.79 Å². The zero-order valence-corrected chi connectivity index (χ0v) is 11.5. The molecule has 1 unspecified atom stereocenters. The van der Waals surface area contributed by atoms with Gasteiger partial charge in [-0.05, 0) is 42.2 Å². The molecule has 102 valence electrons. The molecular weight excluding hydrogens is 248 g/mol. The van der Waals surface area contributed by atoms with Gasteiger partial charge >= 0.3 is 0 Å². The molecule has 3 heteroatoms. The van der Waals surface area contributed by atoms with Gasteiger partial charge in [-0.1, -0.05) is 30.3 Å². The van der Waals surface area contributed by atoms with Crippen molar-refractivity contribution in [3.05, 3.63) is 64.7 Å². The van der Waals surface area contributed by atoms with E-state index in [9.17, 15) is 4.79 Å². The van der Waals surface area contributed by atoms with Crippen molar-refractivity contribution >= 4 is 11.6 Å². The number of aryl methyl sites for hydroxylation is 1. The molecule has 0 aliphatic heterocycles. The fourth-order valence-electron chi connectivity index (χ4n) is 2.64. The van der Waals surface area contributed by atoms with Gasteiger partial charge in [-0.2, -0.15) is 0 Å². The quantitative estimate of drug-likeness (QED) is 0.839. The number of hydrogen-bond donors (Lipinski definition) is 2. The number of carbonyl (C=O) groups is 1. The summed E-state index contributed by atoms with van der Waals surface area (Å²) < 4.78 is 0. The monoisotopic (exact) mass is 266 g/mol. The van der Waals surface area contributed by atoms with Crippen molar-refractivity contribution < 1.29 is 4.79 Å². The van der Waals surface area contributed by atoms with Crippen LogP contribution in [-0.4, -0.2) is 12.5 Å². The van der Waals surface area contributed by atoms with Crippen molar-refractivity contribution in [2.45, 2.75) is 19.3 Å². The van der Waals surface area contributed by atoms with Crippen molar-refractivity contribution in [3.63, 3.8) is 0 Å². The van der Waals surface area contributed by atoms with Crippen molar-refractivity contribution in [2.75, 3.05) is 12.3 Å². The molecule has 20 heavy (non-hydrogen) atoms. The van der Waals surface area contributed by atoms with E-state index in [0.29, 0.717) is 23.7 Å². The van der Waals surface area contributed by atoms with Gasteiger partial charge in [0.05, 0.1) is 0 Å². The van der Waals surface area contributed by atoms with E-state index in [2.05, 4.69) is 23.5 Å². The van der Waals surface area contributed by atoms with E-state index < -0.39 is 0 Å². The van der Waals surface area contributed by atoms with Gasteiger partial charge in [0.1, 0.15) is 0 Å². The van der Waals surface area contributed by atoms with Gasteiger partial charge in [0.15, 0.2) is 0 Å². The molecule has 2 aromatic rings. The molecule has 1 aliphatic rings. The predicted octanol–water partition coefficient (Wildman–Crippen LogP) is 2.65. The second-order valence-corrected chi connectivity index (χ2v) is 5.38. The van der Waals surface area contributed by atoms with Crippen LogP contribution in [0.25, 0.3) is 0 Å².